The van der Waals surface area contributed by atoms with Gasteiger partial charge in [-0.05, 0) is 42.8 Å². The maximum atomic E-state index is 14.1. The van der Waals surface area contributed by atoms with E-state index in [1.807, 2.05) is 90.8 Å². The summed E-state index contributed by atoms with van der Waals surface area (Å²) >= 11 is 2.90. The SMILES string of the molecule is CCCCn1c(=C2C(=O)N(c3ccccc3)NC2=Nc2ccccc2)sc(=C2Sc3ccc(OC)cc3N2C)c1=O. The smallest absolute Gasteiger partial charge is 0.283 e. The van der Waals surface area contributed by atoms with Crippen LogP contribution in [0.15, 0.2) is 93.5 Å². The lowest BCUT2D eigenvalue weighted by atomic mass is 10.2. The number of rotatable bonds is 6. The van der Waals surface area contributed by atoms with Gasteiger partial charge in [0.05, 0.1) is 24.2 Å². The van der Waals surface area contributed by atoms with E-state index in [0.29, 0.717) is 38.5 Å². The Hall–Kier alpha value is -4.28. The molecule has 1 amide bonds. The average Bonchev–Trinajstić information content (AvgIpc) is 3.62. The zero-order chi connectivity index (χ0) is 28.5. The third-order valence-corrected chi connectivity index (χ3v) is 9.50. The molecule has 0 spiro atoms. The number of thioether (sulfide) groups is 1. The van der Waals surface area contributed by atoms with Crippen molar-refractivity contribution >= 4 is 62.5 Å². The number of methoxy groups -OCH3 is 1. The van der Waals surface area contributed by atoms with E-state index in [0.717, 1.165) is 34.2 Å². The van der Waals surface area contributed by atoms with Gasteiger partial charge in [-0.2, -0.15) is 0 Å². The van der Waals surface area contributed by atoms with Crippen LogP contribution in [0.1, 0.15) is 19.8 Å². The first-order valence-corrected chi connectivity index (χ1v) is 15.0. The lowest BCUT2D eigenvalue weighted by molar-refractivity contribution is -0.113. The van der Waals surface area contributed by atoms with Crippen molar-refractivity contribution in [2.24, 2.45) is 4.99 Å². The molecule has 10 heteroatoms. The van der Waals surface area contributed by atoms with Gasteiger partial charge in [0.15, 0.2) is 5.84 Å². The molecule has 0 unspecified atom stereocenters. The van der Waals surface area contributed by atoms with Crippen LogP contribution in [0.5, 0.6) is 5.75 Å². The highest BCUT2D eigenvalue weighted by Gasteiger charge is 2.36. The van der Waals surface area contributed by atoms with Crippen molar-refractivity contribution in [3.63, 3.8) is 0 Å². The molecule has 0 bridgehead atoms. The molecule has 3 heterocycles. The summed E-state index contributed by atoms with van der Waals surface area (Å²) in [6.07, 6.45) is 1.72. The number of hydrogen-bond acceptors (Lipinski definition) is 7. The van der Waals surface area contributed by atoms with Crippen molar-refractivity contribution in [3.05, 3.63) is 98.4 Å². The standard InChI is InChI=1S/C31H29N5O3S2/c1-4-5-18-35-29(38)26(31-34(2)23-19-22(39-3)16-17-24(23)40-31)41-30(35)25-27(32-20-12-8-6-9-13-20)33-36(28(25)37)21-14-10-7-11-15-21/h6-17,19H,4-5,18H2,1-3H3,(H,32,33). The van der Waals surface area contributed by atoms with Crippen LogP contribution in [0.4, 0.5) is 17.1 Å². The van der Waals surface area contributed by atoms with Crippen molar-refractivity contribution < 1.29 is 9.53 Å². The molecular formula is C31H29N5O3S2. The minimum atomic E-state index is -0.255. The van der Waals surface area contributed by atoms with Gasteiger partial charge in [0.1, 0.15) is 25.5 Å². The molecule has 2 aliphatic rings. The van der Waals surface area contributed by atoms with Crippen molar-refractivity contribution in [1.82, 2.24) is 9.99 Å². The van der Waals surface area contributed by atoms with Crippen LogP contribution in [0.3, 0.4) is 0 Å². The van der Waals surface area contributed by atoms with Gasteiger partial charge in [0.25, 0.3) is 11.5 Å². The number of aliphatic imine (C=N–C) groups is 1. The Morgan fingerprint density at radius 3 is 2.41 bits per heavy atom. The summed E-state index contributed by atoms with van der Waals surface area (Å²) in [7, 11) is 3.60. The van der Waals surface area contributed by atoms with Gasteiger partial charge in [-0.15, -0.1) is 11.3 Å². The Balaban J connectivity index is 1.61. The van der Waals surface area contributed by atoms with Gasteiger partial charge in [-0.25, -0.2) is 10.0 Å². The topological polar surface area (TPSA) is 79.2 Å². The number of amidine groups is 1. The largest absolute Gasteiger partial charge is 0.497 e. The molecule has 41 heavy (non-hydrogen) atoms. The molecule has 3 aromatic carbocycles. The quantitative estimate of drug-likeness (QED) is 0.361. The number of benzene rings is 3. The van der Waals surface area contributed by atoms with Crippen LogP contribution in [0.25, 0.3) is 10.6 Å². The average molecular weight is 584 g/mol. The second kappa shape index (κ2) is 11.3. The van der Waals surface area contributed by atoms with E-state index in [-0.39, 0.29) is 11.5 Å². The first-order chi connectivity index (χ1) is 20.0. The molecule has 1 N–H and O–H groups in total. The van der Waals surface area contributed by atoms with Crippen LogP contribution < -0.4 is 34.8 Å². The fraction of sp³-hybridized carbons (Fsp3) is 0.194. The van der Waals surface area contributed by atoms with E-state index < -0.39 is 0 Å². The van der Waals surface area contributed by atoms with E-state index in [9.17, 15) is 9.59 Å². The number of unbranched alkanes of at least 4 members (excludes halogenated alkanes) is 1. The number of para-hydroxylation sites is 2. The van der Waals surface area contributed by atoms with Crippen LogP contribution in [0, 0.1) is 0 Å². The summed E-state index contributed by atoms with van der Waals surface area (Å²) in [6, 6.07) is 24.8. The summed E-state index contributed by atoms with van der Waals surface area (Å²) in [5.41, 5.74) is 5.88. The molecule has 1 aromatic heterocycles. The van der Waals surface area contributed by atoms with Crippen molar-refractivity contribution in [2.45, 2.75) is 31.2 Å². The van der Waals surface area contributed by atoms with Crippen molar-refractivity contribution in [3.8, 4) is 5.75 Å². The van der Waals surface area contributed by atoms with E-state index >= 15 is 0 Å². The maximum Gasteiger partial charge on any atom is 0.283 e. The van der Waals surface area contributed by atoms with Crippen LogP contribution >= 0.6 is 23.1 Å². The minimum absolute atomic E-state index is 0.106. The lowest BCUT2D eigenvalue weighted by Gasteiger charge is -2.14. The predicted molar refractivity (Wildman–Crippen MR) is 167 cm³/mol. The molecular weight excluding hydrogens is 555 g/mol. The summed E-state index contributed by atoms with van der Waals surface area (Å²) in [5.74, 6) is 0.911. The van der Waals surface area contributed by atoms with Gasteiger partial charge in [-0.3, -0.25) is 19.6 Å². The third-order valence-electron chi connectivity index (χ3n) is 6.95. The second-order valence-corrected chi connectivity index (χ2v) is 11.6. The molecule has 0 radical (unpaired) electrons. The highest BCUT2D eigenvalue weighted by atomic mass is 32.2. The first kappa shape index (κ1) is 26.9. The number of thiazole rings is 1. The van der Waals surface area contributed by atoms with Crippen molar-refractivity contribution in [2.75, 3.05) is 24.1 Å². The maximum absolute atomic E-state index is 14.1. The van der Waals surface area contributed by atoms with E-state index in [2.05, 4.69) is 12.3 Å². The number of nitrogens with zero attached hydrogens (tertiary/aromatic N) is 4. The highest BCUT2D eigenvalue weighted by Crippen LogP contribution is 2.46. The Bertz CT molecular complexity index is 1830. The zero-order valence-corrected chi connectivity index (χ0v) is 24.6. The number of hydrazine groups is 1. The monoisotopic (exact) mass is 583 g/mol. The number of aromatic nitrogens is 1. The lowest BCUT2D eigenvalue weighted by Crippen LogP contribution is -2.36. The normalized spacial score (nSPS) is 18.2. The molecule has 0 aliphatic carbocycles. The molecule has 1 saturated heterocycles. The van der Waals surface area contributed by atoms with Crippen molar-refractivity contribution in [1.29, 1.82) is 0 Å². The van der Waals surface area contributed by atoms with Gasteiger partial charge < -0.3 is 9.64 Å². The Morgan fingerprint density at radius 1 is 0.976 bits per heavy atom. The predicted octanol–water partition coefficient (Wildman–Crippen LogP) is 4.46. The fourth-order valence-electron chi connectivity index (χ4n) is 4.79. The first-order valence-electron chi connectivity index (χ1n) is 13.4. The molecule has 4 aromatic rings. The zero-order valence-electron chi connectivity index (χ0n) is 23.0. The van der Waals surface area contributed by atoms with Gasteiger partial charge in [0.2, 0.25) is 0 Å². The van der Waals surface area contributed by atoms with Crippen LogP contribution in [-0.4, -0.2) is 30.5 Å². The molecule has 2 aliphatic heterocycles. The van der Waals surface area contributed by atoms with E-state index in [1.54, 1.807) is 23.4 Å². The fourth-order valence-corrected chi connectivity index (χ4v) is 7.29. The minimum Gasteiger partial charge on any atom is -0.497 e. The van der Waals surface area contributed by atoms with Gasteiger partial charge >= 0.3 is 0 Å². The molecule has 8 nitrogen and oxygen atoms in total. The number of carbonyl (C=O) groups is 1. The van der Waals surface area contributed by atoms with E-state index in [1.165, 1.54) is 16.3 Å². The van der Waals surface area contributed by atoms with E-state index in [4.69, 9.17) is 9.73 Å². The van der Waals surface area contributed by atoms with Crippen LogP contribution in [-0.2, 0) is 11.3 Å². The Labute approximate surface area is 245 Å². The third kappa shape index (κ3) is 4.93. The Kier molecular flexibility index (Phi) is 7.42. The number of ether oxygens (including phenoxy) is 1. The molecule has 1 fully saturated rings. The number of fused-ring (bicyclic) bond motifs is 1. The summed E-state index contributed by atoms with van der Waals surface area (Å²) in [4.78, 5) is 36.1. The van der Waals surface area contributed by atoms with Gasteiger partial charge in [0, 0.05) is 24.6 Å². The number of anilines is 2. The molecule has 0 saturated carbocycles. The summed E-state index contributed by atoms with van der Waals surface area (Å²) in [5, 5.41) is 2.33. The Morgan fingerprint density at radius 2 is 1.71 bits per heavy atom. The molecule has 208 valence electrons. The highest BCUT2D eigenvalue weighted by molar-refractivity contribution is 8.08. The van der Waals surface area contributed by atoms with Crippen LogP contribution in [0.2, 0.25) is 0 Å². The molecule has 6 rings (SSSR count). The second-order valence-electron chi connectivity index (χ2n) is 9.61. The molecule has 0 atom stereocenters. The summed E-state index contributed by atoms with van der Waals surface area (Å²) < 4.78 is 8.37. The number of carbonyl (C=O) groups excluding carboxylic acids is 1. The van der Waals surface area contributed by atoms with Gasteiger partial charge in [-0.1, -0.05) is 61.5 Å². The summed E-state index contributed by atoms with van der Waals surface area (Å²) in [6.45, 7) is 2.59. The number of hydrogen-bond donors (Lipinski definition) is 1. The number of amides is 1. The number of nitrogens with one attached hydrogen (secondary N) is 1.